The highest BCUT2D eigenvalue weighted by Crippen LogP contribution is 2.24. The summed E-state index contributed by atoms with van der Waals surface area (Å²) in [4.78, 5) is 0. The van der Waals surface area contributed by atoms with Gasteiger partial charge in [-0.15, -0.1) is 0 Å². The van der Waals surface area contributed by atoms with Crippen molar-refractivity contribution >= 4 is 0 Å². The zero-order chi connectivity index (χ0) is 16.2. The van der Waals surface area contributed by atoms with Gasteiger partial charge in [0.15, 0.2) is 0 Å². The second-order valence-corrected chi connectivity index (χ2v) is 5.86. The van der Waals surface area contributed by atoms with Crippen molar-refractivity contribution in [2.45, 2.75) is 33.1 Å². The van der Waals surface area contributed by atoms with E-state index in [4.69, 9.17) is 0 Å². The molecule has 0 fully saturated rings. The third-order valence-corrected chi connectivity index (χ3v) is 4.02. The number of unbranched alkanes of at least 4 members (excludes halogenated alkanes) is 1. The maximum Gasteiger partial charge on any atom is 0.127 e. The number of rotatable bonds is 5. The van der Waals surface area contributed by atoms with Crippen molar-refractivity contribution in [3.63, 3.8) is 0 Å². The smallest absolute Gasteiger partial charge is 0.127 e. The molecule has 3 aromatic rings. The van der Waals surface area contributed by atoms with Gasteiger partial charge in [0.25, 0.3) is 0 Å². The van der Waals surface area contributed by atoms with Crippen molar-refractivity contribution in [3.8, 4) is 16.8 Å². The largest absolute Gasteiger partial charge is 0.241 e. The highest BCUT2D eigenvalue weighted by Gasteiger charge is 2.06. The standard InChI is InChI=1S/C20H21FN2/c1-3-4-6-16-9-10-18(14-20(16)21)17-7-5-8-19(13-17)23-12-11-15(2)22-23/h5,7-14H,3-4,6H2,1-2H3. The maximum atomic E-state index is 14.3. The van der Waals surface area contributed by atoms with Gasteiger partial charge in [-0.05, 0) is 60.7 Å². The molecule has 118 valence electrons. The highest BCUT2D eigenvalue weighted by atomic mass is 19.1. The van der Waals surface area contributed by atoms with Gasteiger partial charge in [-0.25, -0.2) is 9.07 Å². The number of hydrogen-bond acceptors (Lipinski definition) is 1. The summed E-state index contributed by atoms with van der Waals surface area (Å²) in [5, 5.41) is 4.42. The maximum absolute atomic E-state index is 14.3. The fourth-order valence-electron chi connectivity index (χ4n) is 2.68. The molecule has 0 amide bonds. The summed E-state index contributed by atoms with van der Waals surface area (Å²) in [6, 6.07) is 15.5. The van der Waals surface area contributed by atoms with Crippen LogP contribution in [0, 0.1) is 12.7 Å². The summed E-state index contributed by atoms with van der Waals surface area (Å²) in [7, 11) is 0. The van der Waals surface area contributed by atoms with Crippen LogP contribution in [0.15, 0.2) is 54.7 Å². The number of benzene rings is 2. The molecule has 0 atom stereocenters. The Bertz CT molecular complexity index is 805. The summed E-state index contributed by atoms with van der Waals surface area (Å²) in [6.45, 7) is 4.08. The van der Waals surface area contributed by atoms with Crippen molar-refractivity contribution in [2.24, 2.45) is 0 Å². The van der Waals surface area contributed by atoms with Crippen LogP contribution in [-0.4, -0.2) is 9.78 Å². The van der Waals surface area contributed by atoms with E-state index < -0.39 is 0 Å². The third kappa shape index (κ3) is 3.50. The molecule has 0 aliphatic heterocycles. The van der Waals surface area contributed by atoms with Crippen LogP contribution < -0.4 is 0 Å². The minimum absolute atomic E-state index is 0.115. The van der Waals surface area contributed by atoms with Gasteiger partial charge in [0, 0.05) is 6.20 Å². The van der Waals surface area contributed by atoms with E-state index >= 15 is 0 Å². The summed E-state index contributed by atoms with van der Waals surface area (Å²) in [5.41, 5.74) is 4.65. The first-order chi connectivity index (χ1) is 11.2. The molecule has 0 unspecified atom stereocenters. The lowest BCUT2D eigenvalue weighted by Gasteiger charge is -2.08. The molecular formula is C20H21FN2. The normalized spacial score (nSPS) is 10.9. The molecule has 0 saturated heterocycles. The molecule has 0 radical (unpaired) electrons. The molecule has 3 heteroatoms. The fraction of sp³-hybridized carbons (Fsp3) is 0.250. The number of hydrogen-bond donors (Lipinski definition) is 0. The van der Waals surface area contributed by atoms with Crippen molar-refractivity contribution in [1.82, 2.24) is 9.78 Å². The van der Waals surface area contributed by atoms with E-state index in [1.807, 2.05) is 60.3 Å². The van der Waals surface area contributed by atoms with Gasteiger partial charge in [0.2, 0.25) is 0 Å². The molecule has 1 aromatic heterocycles. The van der Waals surface area contributed by atoms with Gasteiger partial charge >= 0.3 is 0 Å². The number of aryl methyl sites for hydroxylation is 2. The molecule has 23 heavy (non-hydrogen) atoms. The van der Waals surface area contributed by atoms with Crippen molar-refractivity contribution < 1.29 is 4.39 Å². The average molecular weight is 308 g/mol. The Morgan fingerprint density at radius 3 is 2.57 bits per heavy atom. The molecule has 3 rings (SSSR count). The predicted octanol–water partition coefficient (Wildman–Crippen LogP) is 5.33. The van der Waals surface area contributed by atoms with E-state index in [2.05, 4.69) is 12.0 Å². The molecule has 0 aliphatic rings. The fourth-order valence-corrected chi connectivity index (χ4v) is 2.68. The first-order valence-corrected chi connectivity index (χ1v) is 8.09. The SMILES string of the molecule is CCCCc1ccc(-c2cccc(-n3ccc(C)n3)c2)cc1F. The molecule has 0 aliphatic carbocycles. The Morgan fingerprint density at radius 2 is 1.87 bits per heavy atom. The molecule has 0 spiro atoms. The third-order valence-electron chi connectivity index (χ3n) is 4.02. The van der Waals surface area contributed by atoms with Crippen molar-refractivity contribution in [2.75, 3.05) is 0 Å². The van der Waals surface area contributed by atoms with Crippen LogP contribution in [0.5, 0.6) is 0 Å². The Hall–Kier alpha value is -2.42. The molecule has 0 bridgehead atoms. The predicted molar refractivity (Wildman–Crippen MR) is 92.3 cm³/mol. The summed E-state index contributed by atoms with van der Waals surface area (Å²) in [5.74, 6) is -0.115. The van der Waals surface area contributed by atoms with Crippen LogP contribution in [-0.2, 0) is 6.42 Å². The minimum Gasteiger partial charge on any atom is -0.241 e. The van der Waals surface area contributed by atoms with Gasteiger partial charge in [-0.3, -0.25) is 0 Å². The van der Waals surface area contributed by atoms with Crippen molar-refractivity contribution in [3.05, 3.63) is 71.8 Å². The van der Waals surface area contributed by atoms with E-state index in [0.717, 1.165) is 47.3 Å². The quantitative estimate of drug-likeness (QED) is 0.623. The minimum atomic E-state index is -0.115. The van der Waals surface area contributed by atoms with Crippen LogP contribution in [0.25, 0.3) is 16.8 Å². The highest BCUT2D eigenvalue weighted by molar-refractivity contribution is 5.66. The van der Waals surface area contributed by atoms with E-state index in [-0.39, 0.29) is 5.82 Å². The lowest BCUT2D eigenvalue weighted by molar-refractivity contribution is 0.603. The number of aromatic nitrogens is 2. The molecule has 0 saturated carbocycles. The Labute approximate surface area is 136 Å². The van der Waals surface area contributed by atoms with Crippen LogP contribution >= 0.6 is 0 Å². The lowest BCUT2D eigenvalue weighted by Crippen LogP contribution is -1.96. The molecular weight excluding hydrogens is 287 g/mol. The molecule has 1 heterocycles. The number of nitrogens with zero attached hydrogens (tertiary/aromatic N) is 2. The monoisotopic (exact) mass is 308 g/mol. The summed E-state index contributed by atoms with van der Waals surface area (Å²) in [6.07, 6.45) is 4.83. The van der Waals surface area contributed by atoms with E-state index in [9.17, 15) is 4.39 Å². The molecule has 2 aromatic carbocycles. The molecule has 0 N–H and O–H groups in total. The van der Waals surface area contributed by atoms with Crippen molar-refractivity contribution in [1.29, 1.82) is 0 Å². The first-order valence-electron chi connectivity index (χ1n) is 8.09. The van der Waals surface area contributed by atoms with E-state index in [1.54, 1.807) is 6.07 Å². The summed E-state index contributed by atoms with van der Waals surface area (Å²) < 4.78 is 16.1. The van der Waals surface area contributed by atoms with Gasteiger partial charge < -0.3 is 0 Å². The van der Waals surface area contributed by atoms with Gasteiger partial charge in [-0.1, -0.05) is 37.6 Å². The van der Waals surface area contributed by atoms with E-state index in [1.165, 1.54) is 0 Å². The van der Waals surface area contributed by atoms with Crippen LogP contribution in [0.1, 0.15) is 31.0 Å². The Morgan fingerprint density at radius 1 is 1.04 bits per heavy atom. The first kappa shape index (κ1) is 15.5. The Kier molecular flexibility index (Phi) is 4.56. The van der Waals surface area contributed by atoms with Crippen LogP contribution in [0.4, 0.5) is 4.39 Å². The second kappa shape index (κ2) is 6.78. The van der Waals surface area contributed by atoms with Gasteiger partial charge in [0.1, 0.15) is 5.82 Å². The topological polar surface area (TPSA) is 17.8 Å². The average Bonchev–Trinajstić information content (AvgIpc) is 3.00. The summed E-state index contributed by atoms with van der Waals surface area (Å²) >= 11 is 0. The zero-order valence-corrected chi connectivity index (χ0v) is 13.6. The van der Waals surface area contributed by atoms with Gasteiger partial charge in [0.05, 0.1) is 11.4 Å². The lowest BCUT2D eigenvalue weighted by atomic mass is 10.0. The number of halogens is 1. The van der Waals surface area contributed by atoms with Crippen LogP contribution in [0.3, 0.4) is 0 Å². The zero-order valence-electron chi connectivity index (χ0n) is 13.6. The van der Waals surface area contributed by atoms with Crippen LogP contribution in [0.2, 0.25) is 0 Å². The Balaban J connectivity index is 1.91. The second-order valence-electron chi connectivity index (χ2n) is 5.86. The molecule has 2 nitrogen and oxygen atoms in total. The van der Waals surface area contributed by atoms with Gasteiger partial charge in [-0.2, -0.15) is 5.10 Å². The van der Waals surface area contributed by atoms with E-state index in [0.29, 0.717) is 0 Å².